The minimum absolute atomic E-state index is 0.00546. The molecule has 6 heteroatoms. The molecular weight excluding hydrogens is 340 g/mol. The number of hydrazine groups is 1. The summed E-state index contributed by atoms with van der Waals surface area (Å²) < 4.78 is 2.90. The third-order valence-electron chi connectivity index (χ3n) is 3.44. The molecule has 2 rings (SSSR count). The Kier molecular flexibility index (Phi) is 4.86. The van der Waals surface area contributed by atoms with Crippen LogP contribution in [0.25, 0.3) is 0 Å². The van der Waals surface area contributed by atoms with Crippen LogP contribution in [0.3, 0.4) is 0 Å². The average Bonchev–Trinajstić information content (AvgIpc) is 2.65. The van der Waals surface area contributed by atoms with E-state index in [9.17, 15) is 0 Å². The van der Waals surface area contributed by atoms with E-state index in [-0.39, 0.29) is 6.04 Å². The maximum Gasteiger partial charge on any atom is 0.0847 e. The van der Waals surface area contributed by atoms with Gasteiger partial charge in [0.15, 0.2) is 0 Å². The van der Waals surface area contributed by atoms with Crippen LogP contribution in [-0.2, 0) is 13.5 Å². The van der Waals surface area contributed by atoms with Crippen molar-refractivity contribution in [2.75, 3.05) is 0 Å². The molecule has 1 aromatic heterocycles. The Morgan fingerprint density at radius 2 is 2.15 bits per heavy atom. The number of halogens is 2. The Hall–Kier alpha value is -0.880. The van der Waals surface area contributed by atoms with Crippen LogP contribution in [-0.4, -0.2) is 9.78 Å². The molecule has 0 fully saturated rings. The van der Waals surface area contributed by atoms with E-state index in [2.05, 4.69) is 45.5 Å². The molecule has 0 amide bonds. The van der Waals surface area contributed by atoms with Crippen molar-refractivity contribution in [2.24, 2.45) is 12.9 Å². The van der Waals surface area contributed by atoms with Gasteiger partial charge >= 0.3 is 0 Å². The molecule has 4 nitrogen and oxygen atoms in total. The van der Waals surface area contributed by atoms with Gasteiger partial charge in [-0.05, 0) is 31.0 Å². The van der Waals surface area contributed by atoms with Crippen molar-refractivity contribution in [2.45, 2.75) is 26.3 Å². The second-order valence-corrected chi connectivity index (χ2v) is 6.13. The van der Waals surface area contributed by atoms with Crippen LogP contribution in [0.4, 0.5) is 0 Å². The lowest BCUT2D eigenvalue weighted by Gasteiger charge is -2.17. The predicted molar refractivity (Wildman–Crippen MR) is 85.6 cm³/mol. The summed E-state index contributed by atoms with van der Waals surface area (Å²) in [6.45, 7) is 3.96. The smallest absolute Gasteiger partial charge is 0.0847 e. The summed E-state index contributed by atoms with van der Waals surface area (Å²) in [6.07, 6.45) is 0.688. The number of nitrogens with two attached hydrogens (primary N) is 1. The number of benzene rings is 1. The fourth-order valence-electron chi connectivity index (χ4n) is 2.25. The van der Waals surface area contributed by atoms with E-state index in [1.54, 1.807) is 0 Å². The van der Waals surface area contributed by atoms with Gasteiger partial charge < -0.3 is 0 Å². The van der Waals surface area contributed by atoms with Crippen LogP contribution < -0.4 is 11.3 Å². The second-order valence-electron chi connectivity index (χ2n) is 4.90. The molecule has 0 aliphatic rings. The van der Waals surface area contributed by atoms with Crippen LogP contribution in [0.2, 0.25) is 5.02 Å². The fraction of sp³-hybridized carbons (Fsp3) is 0.357. The van der Waals surface area contributed by atoms with Gasteiger partial charge in [0, 0.05) is 17.9 Å². The van der Waals surface area contributed by atoms with Crippen LogP contribution in [0.1, 0.15) is 28.6 Å². The molecule has 3 N–H and O–H groups in total. The quantitative estimate of drug-likeness (QED) is 0.652. The van der Waals surface area contributed by atoms with E-state index in [0.29, 0.717) is 11.4 Å². The number of hydrogen-bond donors (Lipinski definition) is 2. The summed E-state index contributed by atoms with van der Waals surface area (Å²) in [5, 5.41) is 5.04. The molecule has 20 heavy (non-hydrogen) atoms. The van der Waals surface area contributed by atoms with E-state index >= 15 is 0 Å². The Labute approximate surface area is 132 Å². The van der Waals surface area contributed by atoms with Crippen molar-refractivity contribution in [3.63, 3.8) is 0 Å². The summed E-state index contributed by atoms with van der Waals surface area (Å²) in [5.41, 5.74) is 6.99. The van der Waals surface area contributed by atoms with Gasteiger partial charge in [0.1, 0.15) is 0 Å². The first-order valence-corrected chi connectivity index (χ1v) is 7.51. The highest BCUT2D eigenvalue weighted by atomic mass is 79.9. The topological polar surface area (TPSA) is 55.9 Å². The number of nitrogens with zero attached hydrogens (tertiary/aromatic N) is 2. The molecule has 1 aromatic carbocycles. The Morgan fingerprint density at radius 3 is 2.65 bits per heavy atom. The first-order valence-electron chi connectivity index (χ1n) is 6.34. The molecule has 0 aliphatic carbocycles. The van der Waals surface area contributed by atoms with E-state index in [4.69, 9.17) is 17.4 Å². The molecular formula is C14H18BrClN4. The first-order chi connectivity index (χ1) is 9.43. The Bertz CT molecular complexity index is 624. The molecule has 0 saturated carbocycles. The lowest BCUT2D eigenvalue weighted by atomic mass is 10.0. The van der Waals surface area contributed by atoms with Crippen LogP contribution in [0, 0.1) is 13.8 Å². The third kappa shape index (κ3) is 3.06. The SMILES string of the molecule is Cc1cc(C(Cc2c(Cl)c(C)nn2C)NN)ccc1Br. The van der Waals surface area contributed by atoms with Gasteiger partial charge in [-0.15, -0.1) is 0 Å². The number of aryl methyl sites for hydroxylation is 3. The normalized spacial score (nSPS) is 12.7. The monoisotopic (exact) mass is 356 g/mol. The van der Waals surface area contributed by atoms with Gasteiger partial charge in [0.2, 0.25) is 0 Å². The predicted octanol–water partition coefficient (Wildman–Crippen LogP) is 3.20. The van der Waals surface area contributed by atoms with E-state index in [1.165, 1.54) is 5.56 Å². The van der Waals surface area contributed by atoms with Crippen LogP contribution >= 0.6 is 27.5 Å². The van der Waals surface area contributed by atoms with E-state index < -0.39 is 0 Å². The molecule has 0 spiro atoms. The molecule has 0 radical (unpaired) electrons. The van der Waals surface area contributed by atoms with Gasteiger partial charge in [-0.1, -0.05) is 39.7 Å². The lowest BCUT2D eigenvalue weighted by Crippen LogP contribution is -2.30. The number of nitrogens with one attached hydrogen (secondary N) is 1. The second kappa shape index (κ2) is 6.26. The molecule has 1 heterocycles. The fourth-order valence-corrected chi connectivity index (χ4v) is 2.74. The number of aromatic nitrogens is 2. The summed E-state index contributed by atoms with van der Waals surface area (Å²) in [6, 6.07) is 6.20. The zero-order valence-corrected chi connectivity index (χ0v) is 14.1. The zero-order valence-electron chi connectivity index (χ0n) is 11.7. The van der Waals surface area contributed by atoms with Gasteiger partial charge in [0.05, 0.1) is 22.5 Å². The van der Waals surface area contributed by atoms with Crippen molar-refractivity contribution in [3.05, 3.63) is 50.2 Å². The van der Waals surface area contributed by atoms with Gasteiger partial charge in [-0.25, -0.2) is 0 Å². The summed E-state index contributed by atoms with van der Waals surface area (Å²) in [5.74, 6) is 5.71. The lowest BCUT2D eigenvalue weighted by molar-refractivity contribution is 0.530. The maximum atomic E-state index is 6.30. The van der Waals surface area contributed by atoms with Gasteiger partial charge in [0.25, 0.3) is 0 Å². The molecule has 108 valence electrons. The highest BCUT2D eigenvalue weighted by Crippen LogP contribution is 2.27. The standard InChI is InChI=1S/C14H18BrClN4/c1-8-6-10(4-5-11(8)15)12(18-17)7-13-14(16)9(2)19-20(13)3/h4-6,12,18H,7,17H2,1-3H3. The van der Waals surface area contributed by atoms with Crippen molar-refractivity contribution in [3.8, 4) is 0 Å². The van der Waals surface area contributed by atoms with Crippen LogP contribution in [0.15, 0.2) is 22.7 Å². The summed E-state index contributed by atoms with van der Waals surface area (Å²) in [4.78, 5) is 0. The molecule has 2 aromatic rings. The highest BCUT2D eigenvalue weighted by Gasteiger charge is 2.18. The molecule has 1 atom stereocenters. The Balaban J connectivity index is 2.31. The van der Waals surface area contributed by atoms with E-state index in [1.807, 2.05) is 24.7 Å². The average molecular weight is 358 g/mol. The molecule has 0 bridgehead atoms. The summed E-state index contributed by atoms with van der Waals surface area (Å²) >= 11 is 9.81. The number of rotatable bonds is 4. The van der Waals surface area contributed by atoms with Crippen molar-refractivity contribution >= 4 is 27.5 Å². The van der Waals surface area contributed by atoms with Gasteiger partial charge in [-0.3, -0.25) is 16.0 Å². The third-order valence-corrected chi connectivity index (χ3v) is 4.83. The van der Waals surface area contributed by atoms with E-state index in [0.717, 1.165) is 21.4 Å². The minimum atomic E-state index is -0.00546. The minimum Gasteiger partial charge on any atom is -0.271 e. The molecule has 1 unspecified atom stereocenters. The molecule has 0 saturated heterocycles. The summed E-state index contributed by atoms with van der Waals surface area (Å²) in [7, 11) is 1.90. The van der Waals surface area contributed by atoms with Crippen LogP contribution in [0.5, 0.6) is 0 Å². The maximum absolute atomic E-state index is 6.30. The largest absolute Gasteiger partial charge is 0.271 e. The Morgan fingerprint density at radius 1 is 1.45 bits per heavy atom. The zero-order chi connectivity index (χ0) is 14.9. The van der Waals surface area contributed by atoms with Gasteiger partial charge in [-0.2, -0.15) is 5.10 Å². The van der Waals surface area contributed by atoms with Crippen molar-refractivity contribution in [1.82, 2.24) is 15.2 Å². The van der Waals surface area contributed by atoms with Crippen molar-refractivity contribution in [1.29, 1.82) is 0 Å². The highest BCUT2D eigenvalue weighted by molar-refractivity contribution is 9.10. The molecule has 0 aliphatic heterocycles. The van der Waals surface area contributed by atoms with Crippen molar-refractivity contribution < 1.29 is 0 Å². The first kappa shape index (κ1) is 15.5. The number of hydrogen-bond acceptors (Lipinski definition) is 3.